The number of hydrogen-bond donors (Lipinski definition) is 1. The molecule has 1 heterocycles. The van der Waals surface area contributed by atoms with Crippen LogP contribution in [0.3, 0.4) is 0 Å². The minimum atomic E-state index is -1.32. The predicted molar refractivity (Wildman–Crippen MR) is 72.2 cm³/mol. The molecule has 1 aromatic rings. The van der Waals surface area contributed by atoms with E-state index in [1.165, 1.54) is 12.2 Å². The van der Waals surface area contributed by atoms with Crippen molar-refractivity contribution < 1.29 is 23.8 Å². The van der Waals surface area contributed by atoms with Crippen molar-refractivity contribution in [1.82, 2.24) is 0 Å². The van der Waals surface area contributed by atoms with Crippen molar-refractivity contribution in [3.8, 4) is 0 Å². The highest BCUT2D eigenvalue weighted by molar-refractivity contribution is 5.94. The van der Waals surface area contributed by atoms with Crippen LogP contribution in [-0.4, -0.2) is 17.0 Å². The number of ether oxygens (including phenoxy) is 1. The van der Waals surface area contributed by atoms with Gasteiger partial charge in [-0.05, 0) is 36.3 Å². The molecule has 0 bridgehead atoms. The van der Waals surface area contributed by atoms with Gasteiger partial charge in [0.2, 0.25) is 0 Å². The Kier molecular flexibility index (Phi) is 3.17. The molecule has 5 heteroatoms. The van der Waals surface area contributed by atoms with E-state index in [-0.39, 0.29) is 12.0 Å². The fourth-order valence-corrected chi connectivity index (χ4v) is 2.40. The Morgan fingerprint density at radius 2 is 2.14 bits per heavy atom. The van der Waals surface area contributed by atoms with Gasteiger partial charge >= 0.3 is 11.9 Å². The van der Waals surface area contributed by atoms with Gasteiger partial charge in [0.25, 0.3) is 0 Å². The highest BCUT2D eigenvalue weighted by Crippen LogP contribution is 2.34. The minimum absolute atomic E-state index is 0.263. The van der Waals surface area contributed by atoms with Crippen molar-refractivity contribution in [2.24, 2.45) is 0 Å². The summed E-state index contributed by atoms with van der Waals surface area (Å²) in [5.74, 6) is -2.48. The number of carbonyl (C=O) groups excluding carboxylic acids is 1. The fourth-order valence-electron chi connectivity index (χ4n) is 2.40. The molecule has 1 aliphatic carbocycles. The van der Waals surface area contributed by atoms with E-state index >= 15 is 0 Å². The third-order valence-electron chi connectivity index (χ3n) is 3.42. The van der Waals surface area contributed by atoms with Crippen molar-refractivity contribution in [3.05, 3.63) is 70.6 Å². The zero-order chi connectivity index (χ0) is 15.0. The molecule has 1 aliphatic heterocycles. The van der Waals surface area contributed by atoms with Gasteiger partial charge in [0, 0.05) is 5.56 Å². The maximum Gasteiger partial charge on any atom is 0.339 e. The quantitative estimate of drug-likeness (QED) is 0.848. The second-order valence-corrected chi connectivity index (χ2v) is 4.77. The molecule has 1 N–H and O–H groups in total. The first-order valence-corrected chi connectivity index (χ1v) is 6.38. The molecule has 21 heavy (non-hydrogen) atoms. The van der Waals surface area contributed by atoms with Crippen LogP contribution in [0.5, 0.6) is 0 Å². The number of benzene rings is 1. The number of fused-ring (bicyclic) bond motifs is 1. The third-order valence-corrected chi connectivity index (χ3v) is 3.42. The van der Waals surface area contributed by atoms with Crippen LogP contribution in [0.4, 0.5) is 4.39 Å². The first kappa shape index (κ1) is 13.3. The highest BCUT2D eigenvalue weighted by atomic mass is 19.1. The number of allylic oxidation sites excluding steroid dienone is 3. The molecule has 0 amide bonds. The summed E-state index contributed by atoms with van der Waals surface area (Å²) < 4.78 is 18.6. The van der Waals surface area contributed by atoms with E-state index in [1.54, 1.807) is 30.3 Å². The van der Waals surface area contributed by atoms with Gasteiger partial charge in [-0.15, -0.1) is 0 Å². The molecule has 4 nitrogen and oxygen atoms in total. The van der Waals surface area contributed by atoms with Crippen molar-refractivity contribution in [1.29, 1.82) is 0 Å². The maximum absolute atomic E-state index is 13.4. The fraction of sp³-hybridized carbons (Fsp3) is 0.125. The first-order valence-electron chi connectivity index (χ1n) is 6.38. The molecule has 0 saturated heterocycles. The highest BCUT2D eigenvalue weighted by Gasteiger charge is 2.29. The number of halogens is 1. The number of cyclic esters (lactones) is 1. The van der Waals surface area contributed by atoms with Gasteiger partial charge in [0.15, 0.2) is 0 Å². The standard InChI is InChI=1S/C16H11FO4/c17-13-6-5-9(7-12(13)15(18)19)8-14-10-3-1-2-4-11(10)16(20)21-14/h1-4,6-8,14H,5H2,(H,18,19). The lowest BCUT2D eigenvalue weighted by Gasteiger charge is -2.11. The van der Waals surface area contributed by atoms with Crippen LogP contribution in [0.2, 0.25) is 0 Å². The molecule has 0 spiro atoms. The summed E-state index contributed by atoms with van der Waals surface area (Å²) >= 11 is 0. The Bertz CT molecular complexity index is 728. The summed E-state index contributed by atoms with van der Waals surface area (Å²) in [4.78, 5) is 22.6. The molecule has 1 aromatic carbocycles. The predicted octanol–water partition coefficient (Wildman–Crippen LogP) is 3.09. The zero-order valence-corrected chi connectivity index (χ0v) is 10.9. The molecule has 3 rings (SSSR count). The number of hydrogen-bond acceptors (Lipinski definition) is 3. The van der Waals surface area contributed by atoms with Crippen molar-refractivity contribution in [2.75, 3.05) is 0 Å². The second-order valence-electron chi connectivity index (χ2n) is 4.77. The molecule has 106 valence electrons. The van der Waals surface area contributed by atoms with Gasteiger partial charge in [-0.3, -0.25) is 0 Å². The van der Waals surface area contributed by atoms with Crippen LogP contribution in [0.15, 0.2) is 59.5 Å². The summed E-state index contributed by atoms with van der Waals surface area (Å²) in [7, 11) is 0. The van der Waals surface area contributed by atoms with Crippen LogP contribution in [0.25, 0.3) is 0 Å². The molecular formula is C16H11FO4. The number of rotatable bonds is 2. The van der Waals surface area contributed by atoms with Crippen molar-refractivity contribution >= 4 is 11.9 Å². The number of esters is 1. The average Bonchev–Trinajstić information content (AvgIpc) is 2.78. The first-order chi connectivity index (χ1) is 10.1. The number of carboxylic acid groups (broad SMARTS) is 1. The summed E-state index contributed by atoms with van der Waals surface area (Å²) in [6.45, 7) is 0. The van der Waals surface area contributed by atoms with E-state index in [0.29, 0.717) is 11.1 Å². The molecule has 1 atom stereocenters. The van der Waals surface area contributed by atoms with Crippen LogP contribution in [-0.2, 0) is 9.53 Å². The van der Waals surface area contributed by atoms with Gasteiger partial charge in [-0.2, -0.15) is 0 Å². The monoisotopic (exact) mass is 286 g/mol. The van der Waals surface area contributed by atoms with Crippen LogP contribution in [0, 0.1) is 0 Å². The topological polar surface area (TPSA) is 63.6 Å². The van der Waals surface area contributed by atoms with E-state index in [2.05, 4.69) is 0 Å². The molecule has 2 aliphatic rings. The lowest BCUT2D eigenvalue weighted by Crippen LogP contribution is -2.06. The summed E-state index contributed by atoms with van der Waals surface area (Å²) in [5.41, 5.74) is 1.45. The molecule has 0 saturated carbocycles. The Morgan fingerprint density at radius 1 is 1.38 bits per heavy atom. The minimum Gasteiger partial charge on any atom is -0.478 e. The van der Waals surface area contributed by atoms with Gasteiger partial charge < -0.3 is 9.84 Å². The van der Waals surface area contributed by atoms with Crippen LogP contribution < -0.4 is 0 Å². The number of carbonyl (C=O) groups is 2. The zero-order valence-electron chi connectivity index (χ0n) is 10.9. The Balaban J connectivity index is 1.94. The summed E-state index contributed by atoms with van der Waals surface area (Å²) in [5, 5.41) is 8.93. The smallest absolute Gasteiger partial charge is 0.339 e. The average molecular weight is 286 g/mol. The Hall–Kier alpha value is -2.69. The molecule has 0 radical (unpaired) electrons. The second kappa shape index (κ2) is 5.01. The molecule has 0 fully saturated rings. The van der Waals surface area contributed by atoms with Crippen LogP contribution >= 0.6 is 0 Å². The molecular weight excluding hydrogens is 275 g/mol. The Labute approximate surface area is 119 Å². The third kappa shape index (κ3) is 2.38. The lowest BCUT2D eigenvalue weighted by molar-refractivity contribution is -0.132. The normalized spacial score (nSPS) is 22.4. The van der Waals surface area contributed by atoms with Gasteiger partial charge in [0.1, 0.15) is 11.9 Å². The molecule has 0 aromatic heterocycles. The lowest BCUT2D eigenvalue weighted by atomic mass is 9.97. The van der Waals surface area contributed by atoms with Gasteiger partial charge in [0.05, 0.1) is 11.1 Å². The van der Waals surface area contributed by atoms with Crippen molar-refractivity contribution in [2.45, 2.75) is 12.5 Å². The molecule has 1 unspecified atom stereocenters. The van der Waals surface area contributed by atoms with Gasteiger partial charge in [-0.25, -0.2) is 14.0 Å². The number of aliphatic carboxylic acids is 1. The SMILES string of the molecule is O=C(O)C1=CC(=CC2OC(=O)c3ccccc32)CC=C1F. The summed E-state index contributed by atoms with van der Waals surface area (Å²) in [6.07, 6.45) is 3.82. The maximum atomic E-state index is 13.4. The van der Waals surface area contributed by atoms with E-state index in [1.807, 2.05) is 0 Å². The van der Waals surface area contributed by atoms with E-state index in [0.717, 1.165) is 5.56 Å². The Morgan fingerprint density at radius 3 is 2.90 bits per heavy atom. The van der Waals surface area contributed by atoms with Crippen LogP contribution in [0.1, 0.15) is 28.4 Å². The summed E-state index contributed by atoms with van der Waals surface area (Å²) in [6, 6.07) is 7.00. The largest absolute Gasteiger partial charge is 0.478 e. The number of carboxylic acids is 1. The van der Waals surface area contributed by atoms with Crippen molar-refractivity contribution in [3.63, 3.8) is 0 Å². The van der Waals surface area contributed by atoms with E-state index in [4.69, 9.17) is 9.84 Å². The van der Waals surface area contributed by atoms with E-state index < -0.39 is 23.9 Å². The van der Waals surface area contributed by atoms with Gasteiger partial charge in [-0.1, -0.05) is 18.2 Å². The van der Waals surface area contributed by atoms with E-state index in [9.17, 15) is 14.0 Å².